The number of hydrogen-bond acceptors (Lipinski definition) is 4. The molecule has 0 radical (unpaired) electrons. The number of ether oxygens (including phenoxy) is 1. The molecule has 0 aliphatic rings. The summed E-state index contributed by atoms with van der Waals surface area (Å²) in [6.45, 7) is 4.91. The van der Waals surface area contributed by atoms with Crippen LogP contribution in [0.3, 0.4) is 0 Å². The fourth-order valence-corrected chi connectivity index (χ4v) is 2.22. The minimum absolute atomic E-state index is 0.415. The summed E-state index contributed by atoms with van der Waals surface area (Å²) >= 11 is 0. The van der Waals surface area contributed by atoms with Crippen molar-refractivity contribution in [2.24, 2.45) is 0 Å². The van der Waals surface area contributed by atoms with Gasteiger partial charge in [-0.3, -0.25) is 0 Å². The molecule has 0 amide bonds. The Kier molecular flexibility index (Phi) is 9.66. The van der Waals surface area contributed by atoms with Crippen LogP contribution >= 0.6 is 0 Å². The van der Waals surface area contributed by atoms with E-state index in [1.807, 2.05) is 14.0 Å². The van der Waals surface area contributed by atoms with Gasteiger partial charge in [-0.1, -0.05) is 0 Å². The van der Waals surface area contributed by atoms with Gasteiger partial charge in [0.25, 0.3) is 10.2 Å². The maximum atomic E-state index is 11.7. The van der Waals surface area contributed by atoms with Crippen LogP contribution in [0.25, 0.3) is 0 Å². The summed E-state index contributed by atoms with van der Waals surface area (Å²) in [6.07, 6.45) is 1.49. The quantitative estimate of drug-likeness (QED) is 0.508. The largest absolute Gasteiger partial charge is 0.382 e. The molecular weight excluding hydrogens is 242 g/mol. The zero-order valence-corrected chi connectivity index (χ0v) is 11.8. The van der Waals surface area contributed by atoms with E-state index in [1.54, 1.807) is 7.05 Å². The normalized spacial score (nSPS) is 12.2. The molecule has 0 aromatic heterocycles. The second-order valence-corrected chi connectivity index (χ2v) is 5.59. The smallest absolute Gasteiger partial charge is 0.279 e. The monoisotopic (exact) mass is 267 g/mol. The Labute approximate surface area is 105 Å². The molecule has 2 N–H and O–H groups in total. The second kappa shape index (κ2) is 9.78. The van der Waals surface area contributed by atoms with Crippen LogP contribution in [0.1, 0.15) is 19.8 Å². The predicted molar refractivity (Wildman–Crippen MR) is 69.2 cm³/mol. The molecule has 6 nitrogen and oxygen atoms in total. The van der Waals surface area contributed by atoms with Crippen molar-refractivity contribution in [2.75, 3.05) is 46.9 Å². The number of nitrogens with zero attached hydrogens (tertiary/aromatic N) is 1. The Morgan fingerprint density at radius 2 is 1.94 bits per heavy atom. The van der Waals surface area contributed by atoms with Crippen LogP contribution < -0.4 is 10.0 Å². The van der Waals surface area contributed by atoms with Crippen molar-refractivity contribution in [3.63, 3.8) is 0 Å². The van der Waals surface area contributed by atoms with E-state index in [0.29, 0.717) is 32.7 Å². The molecule has 0 saturated heterocycles. The van der Waals surface area contributed by atoms with Crippen LogP contribution in [-0.4, -0.2) is 59.7 Å². The molecule has 0 aromatic carbocycles. The van der Waals surface area contributed by atoms with Crippen molar-refractivity contribution in [1.29, 1.82) is 0 Å². The van der Waals surface area contributed by atoms with Crippen LogP contribution in [0.2, 0.25) is 0 Å². The minimum atomic E-state index is -3.33. The van der Waals surface area contributed by atoms with E-state index in [9.17, 15) is 8.42 Å². The zero-order valence-electron chi connectivity index (χ0n) is 11.0. The topological polar surface area (TPSA) is 70.7 Å². The molecular formula is C10H25N3O3S. The third kappa shape index (κ3) is 8.50. The number of hydrogen-bond donors (Lipinski definition) is 2. The molecule has 0 rings (SSSR count). The van der Waals surface area contributed by atoms with Gasteiger partial charge in [-0.2, -0.15) is 12.7 Å². The summed E-state index contributed by atoms with van der Waals surface area (Å²) in [5.41, 5.74) is 0. The number of rotatable bonds is 11. The molecule has 0 saturated carbocycles. The van der Waals surface area contributed by atoms with Crippen molar-refractivity contribution in [1.82, 2.24) is 14.3 Å². The molecule has 0 atom stereocenters. The van der Waals surface area contributed by atoms with Crippen molar-refractivity contribution in [2.45, 2.75) is 19.8 Å². The van der Waals surface area contributed by atoms with Gasteiger partial charge in [-0.15, -0.1) is 0 Å². The maximum absolute atomic E-state index is 11.7. The lowest BCUT2D eigenvalue weighted by Crippen LogP contribution is -2.39. The molecule has 0 aromatic rings. The summed E-state index contributed by atoms with van der Waals surface area (Å²) in [6, 6.07) is 0. The van der Waals surface area contributed by atoms with Crippen LogP contribution in [0.4, 0.5) is 0 Å². The fourth-order valence-electron chi connectivity index (χ4n) is 1.23. The molecule has 0 unspecified atom stereocenters. The summed E-state index contributed by atoms with van der Waals surface area (Å²) in [5.74, 6) is 0. The first-order chi connectivity index (χ1) is 8.04. The molecule has 0 aliphatic heterocycles. The highest BCUT2D eigenvalue weighted by atomic mass is 32.2. The second-order valence-electron chi connectivity index (χ2n) is 3.73. The Balaban J connectivity index is 3.77. The van der Waals surface area contributed by atoms with E-state index in [0.717, 1.165) is 13.0 Å². The molecule has 0 heterocycles. The Bertz CT molecular complexity index is 270. The van der Waals surface area contributed by atoms with Crippen molar-refractivity contribution in [3.05, 3.63) is 0 Å². The number of nitrogens with one attached hydrogen (secondary N) is 2. The highest BCUT2D eigenvalue weighted by molar-refractivity contribution is 7.87. The van der Waals surface area contributed by atoms with Gasteiger partial charge in [-0.25, -0.2) is 4.72 Å². The third-order valence-corrected chi connectivity index (χ3v) is 3.84. The van der Waals surface area contributed by atoms with E-state index in [4.69, 9.17) is 4.74 Å². The first kappa shape index (κ1) is 16.8. The van der Waals surface area contributed by atoms with Gasteiger partial charge in [0.05, 0.1) is 0 Å². The van der Waals surface area contributed by atoms with Gasteiger partial charge < -0.3 is 10.1 Å². The van der Waals surface area contributed by atoms with Gasteiger partial charge >= 0.3 is 0 Å². The summed E-state index contributed by atoms with van der Waals surface area (Å²) < 4.78 is 32.4. The third-order valence-electron chi connectivity index (χ3n) is 2.26. The maximum Gasteiger partial charge on any atom is 0.279 e. The standard InChI is InChI=1S/C10H25N3O3S/c1-4-16-10-6-8-12-17(14,15)13(3)9-5-7-11-2/h11-12H,4-10H2,1-3H3. The van der Waals surface area contributed by atoms with Gasteiger partial charge in [0.2, 0.25) is 0 Å². The first-order valence-corrected chi connectivity index (χ1v) is 7.42. The average Bonchev–Trinajstić information content (AvgIpc) is 2.29. The lowest BCUT2D eigenvalue weighted by Gasteiger charge is -2.17. The van der Waals surface area contributed by atoms with Crippen LogP contribution in [0, 0.1) is 0 Å². The summed E-state index contributed by atoms with van der Waals surface area (Å²) in [5, 5.41) is 2.98. The predicted octanol–water partition coefficient (Wildman–Crippen LogP) is -0.211. The Morgan fingerprint density at radius 1 is 1.24 bits per heavy atom. The minimum Gasteiger partial charge on any atom is -0.382 e. The molecule has 0 aliphatic carbocycles. The lowest BCUT2D eigenvalue weighted by atomic mass is 10.4. The molecule has 104 valence electrons. The zero-order chi connectivity index (χ0) is 13.1. The van der Waals surface area contributed by atoms with Crippen LogP contribution in [-0.2, 0) is 14.9 Å². The molecule has 0 bridgehead atoms. The van der Waals surface area contributed by atoms with E-state index in [-0.39, 0.29) is 0 Å². The van der Waals surface area contributed by atoms with Crippen LogP contribution in [0.5, 0.6) is 0 Å². The lowest BCUT2D eigenvalue weighted by molar-refractivity contribution is 0.146. The van der Waals surface area contributed by atoms with Gasteiger partial charge in [0, 0.05) is 33.4 Å². The van der Waals surface area contributed by atoms with E-state index >= 15 is 0 Å². The average molecular weight is 267 g/mol. The summed E-state index contributed by atoms with van der Waals surface area (Å²) in [4.78, 5) is 0. The van der Waals surface area contributed by atoms with Crippen LogP contribution in [0.15, 0.2) is 0 Å². The molecule has 7 heteroatoms. The Morgan fingerprint density at radius 3 is 2.53 bits per heavy atom. The van der Waals surface area contributed by atoms with E-state index in [2.05, 4.69) is 10.0 Å². The van der Waals surface area contributed by atoms with Crippen molar-refractivity contribution in [3.8, 4) is 0 Å². The van der Waals surface area contributed by atoms with Gasteiger partial charge in [0.1, 0.15) is 0 Å². The highest BCUT2D eigenvalue weighted by Crippen LogP contribution is 1.95. The van der Waals surface area contributed by atoms with Crippen molar-refractivity contribution < 1.29 is 13.2 Å². The van der Waals surface area contributed by atoms with Gasteiger partial charge in [0.15, 0.2) is 0 Å². The van der Waals surface area contributed by atoms with Gasteiger partial charge in [-0.05, 0) is 33.4 Å². The summed E-state index contributed by atoms with van der Waals surface area (Å²) in [7, 11) is 0.104. The van der Waals surface area contributed by atoms with E-state index in [1.165, 1.54) is 4.31 Å². The fraction of sp³-hybridized carbons (Fsp3) is 1.00. The molecule has 0 spiro atoms. The Hall–Kier alpha value is -0.210. The molecule has 17 heavy (non-hydrogen) atoms. The SMILES string of the molecule is CCOCCCNS(=O)(=O)N(C)CCCNC. The van der Waals surface area contributed by atoms with E-state index < -0.39 is 10.2 Å². The molecule has 0 fully saturated rings. The van der Waals surface area contributed by atoms with Crippen molar-refractivity contribution >= 4 is 10.2 Å². The highest BCUT2D eigenvalue weighted by Gasteiger charge is 2.15. The first-order valence-electron chi connectivity index (χ1n) is 5.98.